The van der Waals surface area contributed by atoms with E-state index >= 15 is 0 Å². The van der Waals surface area contributed by atoms with E-state index in [0.717, 1.165) is 0 Å². The van der Waals surface area contributed by atoms with Gasteiger partial charge in [0.15, 0.2) is 5.75 Å². The van der Waals surface area contributed by atoms with Gasteiger partial charge in [-0.2, -0.15) is 0 Å². The van der Waals surface area contributed by atoms with Gasteiger partial charge in [-0.25, -0.2) is 0 Å². The van der Waals surface area contributed by atoms with E-state index in [-0.39, 0.29) is 23.6 Å². The van der Waals surface area contributed by atoms with Crippen LogP contribution in [0.2, 0.25) is 0 Å². The summed E-state index contributed by atoms with van der Waals surface area (Å²) in [5, 5.41) is 10.9. The van der Waals surface area contributed by atoms with Crippen LogP contribution in [0.1, 0.15) is 20.3 Å². The Bertz CT molecular complexity index is 545. The van der Waals surface area contributed by atoms with Gasteiger partial charge in [-0.1, -0.05) is 0 Å². The number of carbonyl (C=O) groups excluding carboxylic acids is 1. The summed E-state index contributed by atoms with van der Waals surface area (Å²) in [5.41, 5.74) is 9.53. The molecule has 0 aliphatic heterocycles. The molecule has 4 N–H and O–H groups in total. The maximum atomic E-state index is 11.2. The van der Waals surface area contributed by atoms with E-state index in [2.05, 4.69) is 0 Å². The molecule has 0 aliphatic carbocycles. The summed E-state index contributed by atoms with van der Waals surface area (Å²) in [4.78, 5) is 21.5. The molecule has 2 atom stereocenters. The second kappa shape index (κ2) is 6.40. The van der Waals surface area contributed by atoms with Crippen LogP contribution in [-0.4, -0.2) is 29.6 Å². The van der Waals surface area contributed by atoms with Crippen LogP contribution in [0.5, 0.6) is 11.5 Å². The first kappa shape index (κ1) is 16.7. The lowest BCUT2D eigenvalue weighted by atomic mass is 9.95. The van der Waals surface area contributed by atoms with Crippen molar-refractivity contribution in [2.24, 2.45) is 11.5 Å². The van der Waals surface area contributed by atoms with E-state index in [0.29, 0.717) is 0 Å². The van der Waals surface area contributed by atoms with Crippen molar-refractivity contribution in [2.75, 3.05) is 7.11 Å². The molecule has 0 spiro atoms. The Morgan fingerprint density at radius 2 is 2.14 bits per heavy atom. The maximum absolute atomic E-state index is 11.2. The second-order valence-electron chi connectivity index (χ2n) is 5.01. The van der Waals surface area contributed by atoms with Crippen molar-refractivity contribution in [1.82, 2.24) is 0 Å². The van der Waals surface area contributed by atoms with Gasteiger partial charge in [-0.15, -0.1) is 0 Å². The number of hydrogen-bond acceptors (Lipinski definition) is 6. The average Bonchev–Trinajstić information content (AvgIpc) is 2.37. The number of benzene rings is 1. The van der Waals surface area contributed by atoms with E-state index in [9.17, 15) is 14.9 Å². The molecule has 0 heterocycles. The average molecular weight is 297 g/mol. The number of nitro groups is 1. The molecule has 0 saturated heterocycles. The standard InChI is InChI=1S/C13H19N3O5/c1-8(7-13(2,15)12(14)17)21-9-4-5-11(20-3)10(6-9)16(18)19/h4-6,8H,7,15H2,1-3H3,(H2,14,17). The zero-order valence-electron chi connectivity index (χ0n) is 12.2. The van der Waals surface area contributed by atoms with Crippen molar-refractivity contribution in [3.8, 4) is 11.5 Å². The van der Waals surface area contributed by atoms with Gasteiger partial charge in [-0.05, 0) is 26.0 Å². The molecule has 116 valence electrons. The Kier molecular flexibility index (Phi) is 5.09. The Morgan fingerprint density at radius 3 is 2.62 bits per heavy atom. The highest BCUT2D eigenvalue weighted by atomic mass is 16.6. The zero-order valence-corrected chi connectivity index (χ0v) is 12.2. The molecule has 0 aliphatic rings. The van der Waals surface area contributed by atoms with Gasteiger partial charge in [0.1, 0.15) is 5.75 Å². The van der Waals surface area contributed by atoms with Crippen LogP contribution >= 0.6 is 0 Å². The van der Waals surface area contributed by atoms with Gasteiger partial charge in [0.2, 0.25) is 5.91 Å². The van der Waals surface area contributed by atoms with Crippen LogP contribution < -0.4 is 20.9 Å². The number of nitrogens with zero attached hydrogens (tertiary/aromatic N) is 1. The lowest BCUT2D eigenvalue weighted by Crippen LogP contribution is -2.51. The summed E-state index contributed by atoms with van der Waals surface area (Å²) < 4.78 is 10.4. The lowest BCUT2D eigenvalue weighted by Gasteiger charge is -2.25. The number of methoxy groups -OCH3 is 1. The minimum atomic E-state index is -1.21. The molecule has 21 heavy (non-hydrogen) atoms. The number of nitrogens with two attached hydrogens (primary N) is 2. The quantitative estimate of drug-likeness (QED) is 0.569. The van der Waals surface area contributed by atoms with Crippen molar-refractivity contribution in [3.05, 3.63) is 28.3 Å². The van der Waals surface area contributed by atoms with E-state index in [4.69, 9.17) is 20.9 Å². The number of nitro benzene ring substituents is 1. The van der Waals surface area contributed by atoms with Crippen molar-refractivity contribution in [1.29, 1.82) is 0 Å². The van der Waals surface area contributed by atoms with Gasteiger partial charge in [0, 0.05) is 6.42 Å². The minimum absolute atomic E-state index is 0.140. The van der Waals surface area contributed by atoms with Gasteiger partial charge in [0.25, 0.3) is 0 Å². The molecular formula is C13H19N3O5. The third-order valence-corrected chi connectivity index (χ3v) is 2.96. The van der Waals surface area contributed by atoms with Crippen molar-refractivity contribution >= 4 is 11.6 Å². The number of carbonyl (C=O) groups is 1. The molecule has 1 amide bonds. The van der Waals surface area contributed by atoms with Crippen LogP contribution in [-0.2, 0) is 4.79 Å². The highest BCUT2D eigenvalue weighted by Gasteiger charge is 2.29. The molecular weight excluding hydrogens is 278 g/mol. The Balaban J connectivity index is 2.86. The first-order valence-electron chi connectivity index (χ1n) is 6.25. The topological polar surface area (TPSA) is 131 Å². The molecule has 0 radical (unpaired) electrons. The lowest BCUT2D eigenvalue weighted by molar-refractivity contribution is -0.385. The summed E-state index contributed by atoms with van der Waals surface area (Å²) in [6, 6.07) is 4.24. The fourth-order valence-corrected chi connectivity index (χ4v) is 1.86. The smallest absolute Gasteiger partial charge is 0.314 e. The number of amides is 1. The molecule has 0 fully saturated rings. The van der Waals surface area contributed by atoms with E-state index in [1.54, 1.807) is 13.0 Å². The monoisotopic (exact) mass is 297 g/mol. The molecule has 1 aromatic rings. The van der Waals surface area contributed by atoms with Gasteiger partial charge in [0.05, 0.1) is 29.7 Å². The third kappa shape index (κ3) is 4.32. The minimum Gasteiger partial charge on any atom is -0.490 e. The first-order chi connectivity index (χ1) is 9.67. The van der Waals surface area contributed by atoms with Crippen LogP contribution in [0.4, 0.5) is 5.69 Å². The largest absolute Gasteiger partial charge is 0.490 e. The predicted octanol–water partition coefficient (Wildman–Crippen LogP) is 0.964. The summed E-state index contributed by atoms with van der Waals surface area (Å²) >= 11 is 0. The normalized spacial score (nSPS) is 14.9. The van der Waals surface area contributed by atoms with Crippen molar-refractivity contribution in [2.45, 2.75) is 31.9 Å². The SMILES string of the molecule is COc1ccc(OC(C)CC(C)(N)C(N)=O)cc1[N+](=O)[O-]. The summed E-state index contributed by atoms with van der Waals surface area (Å²) in [6.07, 6.45) is -0.261. The van der Waals surface area contributed by atoms with E-state index < -0.39 is 22.5 Å². The highest BCUT2D eigenvalue weighted by molar-refractivity contribution is 5.83. The Labute approximate surface area is 122 Å². The highest BCUT2D eigenvalue weighted by Crippen LogP contribution is 2.31. The van der Waals surface area contributed by atoms with E-state index in [1.807, 2.05) is 0 Å². The molecule has 2 unspecified atom stereocenters. The molecule has 1 rings (SSSR count). The molecule has 8 heteroatoms. The number of rotatable bonds is 7. The molecule has 0 saturated carbocycles. The fourth-order valence-electron chi connectivity index (χ4n) is 1.86. The fraction of sp³-hybridized carbons (Fsp3) is 0.462. The first-order valence-corrected chi connectivity index (χ1v) is 6.25. The Hall–Kier alpha value is -2.35. The number of hydrogen-bond donors (Lipinski definition) is 2. The van der Waals surface area contributed by atoms with Crippen LogP contribution in [0.3, 0.4) is 0 Å². The third-order valence-electron chi connectivity index (χ3n) is 2.96. The number of primary amides is 1. The summed E-state index contributed by atoms with van der Waals surface area (Å²) in [7, 11) is 1.35. The van der Waals surface area contributed by atoms with Crippen LogP contribution in [0.15, 0.2) is 18.2 Å². The van der Waals surface area contributed by atoms with Crippen LogP contribution in [0.25, 0.3) is 0 Å². The van der Waals surface area contributed by atoms with Gasteiger partial charge in [-0.3, -0.25) is 14.9 Å². The molecule has 8 nitrogen and oxygen atoms in total. The van der Waals surface area contributed by atoms with Crippen LogP contribution in [0, 0.1) is 10.1 Å². The predicted molar refractivity (Wildman–Crippen MR) is 76.1 cm³/mol. The second-order valence-corrected chi connectivity index (χ2v) is 5.01. The maximum Gasteiger partial charge on any atom is 0.314 e. The molecule has 0 bridgehead atoms. The molecule has 1 aromatic carbocycles. The summed E-state index contributed by atoms with van der Waals surface area (Å²) in [5.74, 6) is -0.213. The van der Waals surface area contributed by atoms with Gasteiger partial charge >= 0.3 is 5.69 Å². The van der Waals surface area contributed by atoms with Crippen molar-refractivity contribution in [3.63, 3.8) is 0 Å². The molecule has 0 aromatic heterocycles. The Morgan fingerprint density at radius 1 is 1.52 bits per heavy atom. The zero-order chi connectivity index (χ0) is 16.2. The van der Waals surface area contributed by atoms with Gasteiger partial charge < -0.3 is 20.9 Å². The van der Waals surface area contributed by atoms with E-state index in [1.165, 1.54) is 26.2 Å². The summed E-state index contributed by atoms with van der Waals surface area (Å²) in [6.45, 7) is 3.20. The number of ether oxygens (including phenoxy) is 2. The van der Waals surface area contributed by atoms with Crippen molar-refractivity contribution < 1.29 is 19.2 Å².